The number of hydroxylamine groups is 2. The maximum atomic E-state index is 12.3. The van der Waals surface area contributed by atoms with E-state index >= 15 is 0 Å². The van der Waals surface area contributed by atoms with E-state index in [2.05, 4.69) is 9.73 Å². The van der Waals surface area contributed by atoms with E-state index in [1.807, 2.05) is 0 Å². The van der Waals surface area contributed by atoms with Gasteiger partial charge in [0.25, 0.3) is 5.91 Å². The van der Waals surface area contributed by atoms with Gasteiger partial charge < -0.3 is 14.0 Å². The molecule has 0 unspecified atom stereocenters. The van der Waals surface area contributed by atoms with Crippen molar-refractivity contribution in [3.8, 4) is 11.3 Å². The first-order valence-electron chi connectivity index (χ1n) is 8.35. The zero-order valence-electron chi connectivity index (χ0n) is 15.1. The molecule has 0 saturated carbocycles. The van der Waals surface area contributed by atoms with Crippen LogP contribution in [-0.4, -0.2) is 35.7 Å². The van der Waals surface area contributed by atoms with Crippen LogP contribution in [0, 0.1) is 5.41 Å². The number of fused-ring (bicyclic) bond motifs is 1. The lowest BCUT2D eigenvalue weighted by Crippen LogP contribution is -2.38. The molecule has 4 rings (SSSR count). The first-order valence-corrected chi connectivity index (χ1v) is 8.35. The van der Waals surface area contributed by atoms with E-state index in [4.69, 9.17) is 14.7 Å². The maximum absolute atomic E-state index is 12.3. The van der Waals surface area contributed by atoms with Crippen LogP contribution in [0.25, 0.3) is 17.4 Å². The molecule has 0 spiro atoms. The molecule has 1 amide bonds. The highest BCUT2D eigenvalue weighted by Gasteiger charge is 2.34. The van der Waals surface area contributed by atoms with Crippen LogP contribution in [0.4, 0.5) is 0 Å². The van der Waals surface area contributed by atoms with Gasteiger partial charge in [-0.1, -0.05) is 12.1 Å². The standard InChI is InChI=1S/C20H15N3O5/c1-11-9-17-22-19(24)15(18(21)23(17)28-11)10-14-7-8-16(27-14)12-3-5-13(6-4-12)20(25)26-2/h3-10,21H,1-2H3/b15-10-,21-18?. The Morgan fingerprint density at radius 3 is 2.68 bits per heavy atom. The highest BCUT2D eigenvalue weighted by atomic mass is 16.7. The van der Waals surface area contributed by atoms with Crippen molar-refractivity contribution in [3.05, 3.63) is 65.1 Å². The van der Waals surface area contributed by atoms with Crippen molar-refractivity contribution in [1.82, 2.24) is 5.06 Å². The number of hydrogen-bond donors (Lipinski definition) is 1. The second-order valence-corrected chi connectivity index (χ2v) is 6.09. The smallest absolute Gasteiger partial charge is 0.337 e. The molecule has 0 aliphatic carbocycles. The van der Waals surface area contributed by atoms with E-state index in [1.165, 1.54) is 18.2 Å². The number of carbonyl (C=O) groups excluding carboxylic acids is 2. The molecule has 8 heteroatoms. The van der Waals surface area contributed by atoms with Crippen molar-refractivity contribution in [1.29, 1.82) is 5.41 Å². The molecule has 1 aromatic heterocycles. The Kier molecular flexibility index (Phi) is 4.15. The van der Waals surface area contributed by atoms with E-state index in [-0.39, 0.29) is 17.2 Å². The molecule has 1 aromatic carbocycles. The van der Waals surface area contributed by atoms with Gasteiger partial charge in [0.05, 0.1) is 18.2 Å². The zero-order chi connectivity index (χ0) is 19.8. The molecule has 0 atom stereocenters. The molecule has 0 saturated heterocycles. The normalized spacial score (nSPS) is 17.2. The summed E-state index contributed by atoms with van der Waals surface area (Å²) < 4.78 is 10.4. The lowest BCUT2D eigenvalue weighted by molar-refractivity contribution is -0.114. The first kappa shape index (κ1) is 17.5. The summed E-state index contributed by atoms with van der Waals surface area (Å²) in [5.74, 6) is 0.720. The lowest BCUT2D eigenvalue weighted by atomic mass is 10.1. The maximum Gasteiger partial charge on any atom is 0.337 e. The number of ether oxygens (including phenoxy) is 1. The third-order valence-corrected chi connectivity index (χ3v) is 4.18. The number of rotatable bonds is 3. The number of aliphatic imine (C=N–C) groups is 1. The Labute approximate surface area is 159 Å². The minimum Gasteiger partial charge on any atom is -0.465 e. The number of amidine groups is 2. The first-order chi connectivity index (χ1) is 13.5. The van der Waals surface area contributed by atoms with Crippen molar-refractivity contribution >= 4 is 29.6 Å². The van der Waals surface area contributed by atoms with Gasteiger partial charge in [-0.2, -0.15) is 4.99 Å². The fraction of sp³-hybridized carbons (Fsp3) is 0.100. The van der Waals surface area contributed by atoms with Gasteiger partial charge in [-0.3, -0.25) is 10.2 Å². The monoisotopic (exact) mass is 377 g/mol. The van der Waals surface area contributed by atoms with Gasteiger partial charge in [-0.15, -0.1) is 5.06 Å². The van der Waals surface area contributed by atoms with Crippen LogP contribution in [0.3, 0.4) is 0 Å². The summed E-state index contributed by atoms with van der Waals surface area (Å²) >= 11 is 0. The molecule has 2 aliphatic rings. The summed E-state index contributed by atoms with van der Waals surface area (Å²) in [6, 6.07) is 10.2. The number of amides is 1. The summed E-state index contributed by atoms with van der Waals surface area (Å²) in [4.78, 5) is 33.1. The number of carbonyl (C=O) groups is 2. The lowest BCUT2D eigenvalue weighted by Gasteiger charge is -2.22. The summed E-state index contributed by atoms with van der Waals surface area (Å²) in [6.07, 6.45) is 3.04. The minimum absolute atomic E-state index is 0.0637. The van der Waals surface area contributed by atoms with Crippen molar-refractivity contribution in [2.45, 2.75) is 6.92 Å². The molecule has 2 aliphatic heterocycles. The van der Waals surface area contributed by atoms with E-state index in [1.54, 1.807) is 49.4 Å². The van der Waals surface area contributed by atoms with E-state index < -0.39 is 11.9 Å². The molecule has 28 heavy (non-hydrogen) atoms. The van der Waals surface area contributed by atoms with Gasteiger partial charge >= 0.3 is 5.97 Å². The quantitative estimate of drug-likeness (QED) is 0.651. The number of nitrogens with zero attached hydrogens (tertiary/aromatic N) is 2. The predicted molar refractivity (Wildman–Crippen MR) is 100 cm³/mol. The third-order valence-electron chi connectivity index (χ3n) is 4.18. The van der Waals surface area contributed by atoms with Crippen molar-refractivity contribution < 1.29 is 23.6 Å². The van der Waals surface area contributed by atoms with Crippen LogP contribution in [-0.2, 0) is 14.4 Å². The average molecular weight is 377 g/mol. The second-order valence-electron chi connectivity index (χ2n) is 6.09. The van der Waals surface area contributed by atoms with Crippen LogP contribution < -0.4 is 0 Å². The molecular formula is C20H15N3O5. The predicted octanol–water partition coefficient (Wildman–Crippen LogP) is 3.18. The number of nitrogens with one attached hydrogen (secondary N) is 1. The topological polar surface area (TPSA) is 105 Å². The largest absolute Gasteiger partial charge is 0.465 e. The molecule has 8 nitrogen and oxygen atoms in total. The number of furan rings is 1. The second kappa shape index (κ2) is 6.66. The molecule has 0 bridgehead atoms. The summed E-state index contributed by atoms with van der Waals surface area (Å²) in [7, 11) is 1.32. The highest BCUT2D eigenvalue weighted by Crippen LogP contribution is 2.27. The number of hydrogen-bond acceptors (Lipinski definition) is 6. The minimum atomic E-state index is -0.536. The van der Waals surface area contributed by atoms with E-state index in [0.29, 0.717) is 22.8 Å². The Balaban J connectivity index is 1.59. The van der Waals surface area contributed by atoms with Crippen molar-refractivity contribution in [2.24, 2.45) is 4.99 Å². The van der Waals surface area contributed by atoms with Crippen LogP contribution in [0.5, 0.6) is 0 Å². The van der Waals surface area contributed by atoms with Crippen molar-refractivity contribution in [2.75, 3.05) is 7.11 Å². The molecule has 0 radical (unpaired) electrons. The van der Waals surface area contributed by atoms with Gasteiger partial charge in [-0.05, 0) is 37.3 Å². The van der Waals surface area contributed by atoms with Gasteiger partial charge in [0.15, 0.2) is 11.7 Å². The summed E-state index contributed by atoms with van der Waals surface area (Å²) in [6.45, 7) is 1.71. The van der Waals surface area contributed by atoms with Crippen LogP contribution in [0.15, 0.2) is 63.2 Å². The van der Waals surface area contributed by atoms with E-state index in [0.717, 1.165) is 5.56 Å². The Morgan fingerprint density at radius 2 is 1.96 bits per heavy atom. The Bertz CT molecular complexity index is 1090. The average Bonchev–Trinajstić information content (AvgIpc) is 3.31. The van der Waals surface area contributed by atoms with Crippen molar-refractivity contribution in [3.63, 3.8) is 0 Å². The fourth-order valence-corrected chi connectivity index (χ4v) is 2.82. The molecule has 2 aromatic rings. The molecule has 3 heterocycles. The number of methoxy groups -OCH3 is 1. The third kappa shape index (κ3) is 3.01. The van der Waals surface area contributed by atoms with Gasteiger partial charge in [0.2, 0.25) is 0 Å². The van der Waals surface area contributed by atoms with Crippen LogP contribution in [0.2, 0.25) is 0 Å². The fourth-order valence-electron chi connectivity index (χ4n) is 2.82. The molecule has 0 fully saturated rings. The van der Waals surface area contributed by atoms with Gasteiger partial charge in [-0.25, -0.2) is 4.79 Å². The SMILES string of the molecule is COC(=O)c1ccc(-c2ccc(/C=C3/C(=N)N4OC(C)=CC4=NC3=O)o2)cc1. The van der Waals surface area contributed by atoms with Gasteiger partial charge in [0, 0.05) is 11.6 Å². The Morgan fingerprint density at radius 1 is 1.21 bits per heavy atom. The number of allylic oxidation sites excluding steroid dienone is 1. The summed E-state index contributed by atoms with van der Waals surface area (Å²) in [5, 5.41) is 9.40. The van der Waals surface area contributed by atoms with E-state index in [9.17, 15) is 9.59 Å². The molecule has 140 valence electrons. The Hall–Kier alpha value is -3.94. The zero-order valence-corrected chi connectivity index (χ0v) is 15.1. The highest BCUT2D eigenvalue weighted by molar-refractivity contribution is 6.32. The summed E-state index contributed by atoms with van der Waals surface area (Å²) in [5.41, 5.74) is 1.25. The van der Waals surface area contributed by atoms with Crippen LogP contribution >= 0.6 is 0 Å². The molecular weight excluding hydrogens is 362 g/mol. The number of benzene rings is 1. The van der Waals surface area contributed by atoms with Gasteiger partial charge in [0.1, 0.15) is 17.3 Å². The van der Waals surface area contributed by atoms with Crippen LogP contribution in [0.1, 0.15) is 23.0 Å². The number of esters is 1. The molecule has 1 N–H and O–H groups in total.